The maximum Gasteiger partial charge on any atom is 0.160 e. The summed E-state index contributed by atoms with van der Waals surface area (Å²) in [5.74, 6) is 0.747. The molecule has 0 aliphatic rings. The summed E-state index contributed by atoms with van der Waals surface area (Å²) in [6.07, 6.45) is 0. The van der Waals surface area contributed by atoms with Crippen LogP contribution < -0.4 is 0 Å². The van der Waals surface area contributed by atoms with Crippen molar-refractivity contribution in [3.63, 3.8) is 0 Å². The monoisotopic (exact) mass is 601 g/mol. The molecule has 0 spiro atoms. The number of aromatic nitrogens is 3. The van der Waals surface area contributed by atoms with Gasteiger partial charge in [-0.3, -0.25) is 0 Å². The third-order valence-electron chi connectivity index (χ3n) is 9.72. The summed E-state index contributed by atoms with van der Waals surface area (Å²) in [6.45, 7) is 0. The van der Waals surface area contributed by atoms with Gasteiger partial charge in [-0.2, -0.15) is 0 Å². The van der Waals surface area contributed by atoms with Crippen molar-refractivity contribution in [3.05, 3.63) is 140 Å². The lowest BCUT2D eigenvalue weighted by Crippen LogP contribution is -1.95. The van der Waals surface area contributed by atoms with E-state index < -0.39 is 0 Å². The summed E-state index contributed by atoms with van der Waals surface area (Å²) in [7, 11) is 0. The lowest BCUT2D eigenvalue weighted by Gasteiger charge is -2.10. The standard InChI is InChI=1S/C42H23N3S/c1-2-9-24(10-3-1)39-32-12-4-6-15-34(32)43-42(44-39)25-17-21-36-33(23-25)38-27-18-19-31-29-14-8-13-28-26-11-5-7-16-35(26)45(40(28)29)41(31)30(27)20-22-37(38)46-36/h1-23H. The van der Waals surface area contributed by atoms with Crippen molar-refractivity contribution in [2.45, 2.75) is 0 Å². The number of nitrogens with zero attached hydrogens (tertiary/aromatic N) is 3. The van der Waals surface area contributed by atoms with E-state index in [-0.39, 0.29) is 0 Å². The van der Waals surface area contributed by atoms with Gasteiger partial charge >= 0.3 is 0 Å². The van der Waals surface area contributed by atoms with Crippen LogP contribution in [0.25, 0.3) is 103 Å². The fourth-order valence-corrected chi connectivity index (χ4v) is 8.85. The minimum atomic E-state index is 0.747. The van der Waals surface area contributed by atoms with Crippen molar-refractivity contribution in [3.8, 4) is 22.6 Å². The largest absolute Gasteiger partial charge is 0.307 e. The number of thiophene rings is 1. The molecule has 0 atom stereocenters. The second-order valence-corrected chi connectivity index (χ2v) is 13.2. The predicted octanol–water partition coefficient (Wildman–Crippen LogP) is 11.6. The molecule has 0 fully saturated rings. The molecule has 0 radical (unpaired) electrons. The first-order valence-corrected chi connectivity index (χ1v) is 16.4. The molecule has 4 heterocycles. The second-order valence-electron chi connectivity index (χ2n) is 12.1. The third kappa shape index (κ3) is 3.16. The van der Waals surface area contributed by atoms with Crippen molar-refractivity contribution in [1.29, 1.82) is 0 Å². The number of benzene rings is 7. The highest BCUT2D eigenvalue weighted by atomic mass is 32.1. The predicted molar refractivity (Wildman–Crippen MR) is 195 cm³/mol. The van der Waals surface area contributed by atoms with E-state index in [4.69, 9.17) is 9.97 Å². The van der Waals surface area contributed by atoms with Crippen molar-refractivity contribution in [2.24, 2.45) is 0 Å². The van der Waals surface area contributed by atoms with Crippen LogP contribution in [0.1, 0.15) is 0 Å². The highest BCUT2D eigenvalue weighted by Gasteiger charge is 2.20. The SMILES string of the molecule is c1ccc(-c2nc(-c3ccc4sc5ccc6c(ccc7c8cccc9c%10ccccc%10n(c67)c98)c5c4c3)nc3ccccc23)cc1. The Labute approximate surface area is 266 Å². The van der Waals surface area contributed by atoms with Gasteiger partial charge in [-0.1, -0.05) is 103 Å². The molecule has 212 valence electrons. The molecule has 4 heteroatoms. The fraction of sp³-hybridized carbons (Fsp3) is 0. The molecule has 3 nitrogen and oxygen atoms in total. The van der Waals surface area contributed by atoms with Crippen LogP contribution in [0.3, 0.4) is 0 Å². The number of hydrogen-bond donors (Lipinski definition) is 0. The summed E-state index contributed by atoms with van der Waals surface area (Å²) < 4.78 is 5.06. The van der Waals surface area contributed by atoms with Gasteiger partial charge in [-0.15, -0.1) is 11.3 Å². The molecule has 0 unspecified atom stereocenters. The van der Waals surface area contributed by atoms with Gasteiger partial charge in [0.15, 0.2) is 5.82 Å². The Hall–Kier alpha value is -5.84. The molecular formula is C42H23N3S. The van der Waals surface area contributed by atoms with Crippen molar-refractivity contribution in [2.75, 3.05) is 0 Å². The van der Waals surface area contributed by atoms with Gasteiger partial charge in [0.2, 0.25) is 0 Å². The van der Waals surface area contributed by atoms with E-state index in [0.717, 1.165) is 33.5 Å². The zero-order valence-corrected chi connectivity index (χ0v) is 25.3. The Morgan fingerprint density at radius 1 is 0.435 bits per heavy atom. The minimum absolute atomic E-state index is 0.747. The quantitative estimate of drug-likeness (QED) is 0.197. The second kappa shape index (κ2) is 8.87. The average Bonchev–Trinajstić information content (AvgIpc) is 3.78. The van der Waals surface area contributed by atoms with Crippen LogP contribution >= 0.6 is 11.3 Å². The van der Waals surface area contributed by atoms with E-state index in [9.17, 15) is 0 Å². The first-order valence-electron chi connectivity index (χ1n) is 15.6. The number of rotatable bonds is 2. The molecule has 0 saturated carbocycles. The Morgan fingerprint density at radius 3 is 1.98 bits per heavy atom. The van der Waals surface area contributed by atoms with Gasteiger partial charge in [0.25, 0.3) is 0 Å². The van der Waals surface area contributed by atoms with Gasteiger partial charge in [0.1, 0.15) is 0 Å². The van der Waals surface area contributed by atoms with Gasteiger partial charge in [0.05, 0.1) is 27.8 Å². The van der Waals surface area contributed by atoms with Crippen LogP contribution in [0, 0.1) is 0 Å². The van der Waals surface area contributed by atoms with Gasteiger partial charge < -0.3 is 4.40 Å². The van der Waals surface area contributed by atoms with Crippen LogP contribution in [0.4, 0.5) is 0 Å². The summed E-state index contributed by atoms with van der Waals surface area (Å²) >= 11 is 1.85. The first-order chi connectivity index (χ1) is 22.8. The van der Waals surface area contributed by atoms with E-state index in [1.807, 2.05) is 23.5 Å². The third-order valence-corrected chi connectivity index (χ3v) is 10.9. The minimum Gasteiger partial charge on any atom is -0.307 e. The lowest BCUT2D eigenvalue weighted by atomic mass is 9.99. The molecule has 0 aliphatic carbocycles. The number of para-hydroxylation sites is 3. The zero-order chi connectivity index (χ0) is 29.9. The summed E-state index contributed by atoms with van der Waals surface area (Å²) in [6, 6.07) is 50.3. The van der Waals surface area contributed by atoms with E-state index in [2.05, 4.69) is 132 Å². The molecule has 11 aromatic rings. The van der Waals surface area contributed by atoms with Crippen LogP contribution in [0.2, 0.25) is 0 Å². The highest BCUT2D eigenvalue weighted by Crippen LogP contribution is 2.45. The average molecular weight is 602 g/mol. The molecule has 7 aromatic carbocycles. The Balaban J connectivity index is 1.22. The highest BCUT2D eigenvalue weighted by molar-refractivity contribution is 7.26. The normalized spacial score (nSPS) is 12.3. The van der Waals surface area contributed by atoms with Gasteiger partial charge in [-0.25, -0.2) is 9.97 Å². The first kappa shape index (κ1) is 24.5. The van der Waals surface area contributed by atoms with Crippen LogP contribution in [-0.2, 0) is 0 Å². The summed E-state index contributed by atoms with van der Waals surface area (Å²) in [4.78, 5) is 10.2. The van der Waals surface area contributed by atoms with E-state index in [1.54, 1.807) is 0 Å². The maximum atomic E-state index is 5.18. The van der Waals surface area contributed by atoms with Crippen LogP contribution in [0.15, 0.2) is 140 Å². The zero-order valence-electron chi connectivity index (χ0n) is 24.5. The Bertz CT molecular complexity index is 3020. The summed E-state index contributed by atoms with van der Waals surface area (Å²) in [5.41, 5.74) is 7.89. The van der Waals surface area contributed by atoms with Crippen molar-refractivity contribution in [1.82, 2.24) is 14.4 Å². The van der Waals surface area contributed by atoms with E-state index in [0.29, 0.717) is 0 Å². The number of fused-ring (bicyclic) bond motifs is 13. The topological polar surface area (TPSA) is 30.2 Å². The van der Waals surface area contributed by atoms with Gasteiger partial charge in [0, 0.05) is 63.6 Å². The molecule has 4 aromatic heterocycles. The molecule has 0 amide bonds. The van der Waals surface area contributed by atoms with Crippen LogP contribution in [-0.4, -0.2) is 14.4 Å². The van der Waals surface area contributed by atoms with Crippen LogP contribution in [0.5, 0.6) is 0 Å². The van der Waals surface area contributed by atoms with Crippen molar-refractivity contribution < 1.29 is 0 Å². The molecule has 0 saturated heterocycles. The smallest absolute Gasteiger partial charge is 0.160 e. The molecule has 0 aliphatic heterocycles. The Morgan fingerprint density at radius 2 is 1.09 bits per heavy atom. The fourth-order valence-electron chi connectivity index (χ4n) is 7.75. The lowest BCUT2D eigenvalue weighted by molar-refractivity contribution is 1.23. The van der Waals surface area contributed by atoms with Crippen molar-refractivity contribution >= 4 is 91.3 Å². The van der Waals surface area contributed by atoms with E-state index in [1.165, 1.54) is 69.0 Å². The molecular weight excluding hydrogens is 579 g/mol. The maximum absolute atomic E-state index is 5.18. The summed E-state index contributed by atoms with van der Waals surface area (Å²) in [5, 5.41) is 11.4. The molecule has 46 heavy (non-hydrogen) atoms. The molecule has 11 rings (SSSR count). The Kier molecular flexibility index (Phi) is 4.72. The van der Waals surface area contributed by atoms with E-state index >= 15 is 0 Å². The molecule has 0 N–H and O–H groups in total. The molecule has 0 bridgehead atoms. The van der Waals surface area contributed by atoms with Gasteiger partial charge in [-0.05, 0) is 41.8 Å². The number of hydrogen-bond acceptors (Lipinski definition) is 3.